The quantitative estimate of drug-likeness (QED) is 0.223. The van der Waals surface area contributed by atoms with Gasteiger partial charge in [0, 0.05) is 38.7 Å². The summed E-state index contributed by atoms with van der Waals surface area (Å²) in [7, 11) is 0. The summed E-state index contributed by atoms with van der Waals surface area (Å²) in [5, 5.41) is 1.31. The molecule has 200 valence electrons. The number of nitrogens with zero attached hydrogens (tertiary/aromatic N) is 3. The van der Waals surface area contributed by atoms with Crippen molar-refractivity contribution in [3.8, 4) is 50.8 Å². The first-order valence-electron chi connectivity index (χ1n) is 14.4. The Morgan fingerprint density at radius 3 is 1.83 bits per heavy atom. The van der Waals surface area contributed by atoms with Crippen LogP contribution in [0.4, 0.5) is 0 Å². The highest BCUT2D eigenvalue weighted by atomic mass is 15.0. The van der Waals surface area contributed by atoms with E-state index in [9.17, 15) is 0 Å². The van der Waals surface area contributed by atoms with Gasteiger partial charge in [-0.3, -0.25) is 0 Å². The van der Waals surface area contributed by atoms with Gasteiger partial charge in [0.05, 0.1) is 22.6 Å². The molecule has 0 unspecified atom stereocenters. The van der Waals surface area contributed by atoms with Crippen molar-refractivity contribution in [2.24, 2.45) is 0 Å². The van der Waals surface area contributed by atoms with Crippen LogP contribution < -0.4 is 0 Å². The lowest BCUT2D eigenvalue weighted by molar-refractivity contribution is 0.666. The second kappa shape index (κ2) is 9.39. The highest BCUT2D eigenvalue weighted by Gasteiger charge is 2.40. The van der Waals surface area contributed by atoms with E-state index in [0.717, 1.165) is 39.6 Å². The molecular formula is C39H29N3. The van der Waals surface area contributed by atoms with Crippen molar-refractivity contribution in [3.05, 3.63) is 151 Å². The van der Waals surface area contributed by atoms with Crippen LogP contribution in [0.15, 0.2) is 140 Å². The summed E-state index contributed by atoms with van der Waals surface area (Å²) in [6.07, 6.45) is 0. The Kier molecular flexibility index (Phi) is 5.48. The molecule has 8 rings (SSSR count). The summed E-state index contributed by atoms with van der Waals surface area (Å²) in [5.41, 5.74) is 12.7. The maximum Gasteiger partial charge on any atom is 0.160 e. The third-order valence-corrected chi connectivity index (χ3v) is 8.60. The van der Waals surface area contributed by atoms with Crippen molar-refractivity contribution in [2.75, 3.05) is 0 Å². The van der Waals surface area contributed by atoms with Crippen LogP contribution in [0.3, 0.4) is 0 Å². The maximum atomic E-state index is 5.03. The SMILES string of the molecule is CC1(C)c2ccccc2-c2c1c1ccccc1n2-c1ccc(-c2cc(-c3ccccc3)nc(-c3ccccc3)n2)cc1. The first-order chi connectivity index (χ1) is 20.6. The van der Waals surface area contributed by atoms with E-state index in [4.69, 9.17) is 9.97 Å². The van der Waals surface area contributed by atoms with E-state index in [2.05, 4.69) is 122 Å². The molecule has 2 aromatic heterocycles. The number of hydrogen-bond donors (Lipinski definition) is 0. The number of aromatic nitrogens is 3. The van der Waals surface area contributed by atoms with Gasteiger partial charge in [0.1, 0.15) is 0 Å². The standard InChI is InChI=1S/C39H29N3/c1-39(2)32-19-11-9-17-30(32)37-36(39)31-18-10-12-20-35(31)42(37)29-23-21-27(22-24-29)34-25-33(26-13-5-3-6-14-26)40-38(41-34)28-15-7-4-8-16-28/h3-25H,1-2H3. The number of fused-ring (bicyclic) bond motifs is 5. The Bertz CT molecular complexity index is 2030. The van der Waals surface area contributed by atoms with Gasteiger partial charge in [0.2, 0.25) is 0 Å². The fourth-order valence-corrected chi connectivity index (χ4v) is 6.61. The Morgan fingerprint density at radius 2 is 1.12 bits per heavy atom. The predicted octanol–water partition coefficient (Wildman–Crippen LogP) is 9.73. The maximum absolute atomic E-state index is 5.03. The Hall–Kier alpha value is -5.28. The fraction of sp³-hybridized carbons (Fsp3) is 0.0769. The van der Waals surface area contributed by atoms with Crippen LogP contribution in [0.5, 0.6) is 0 Å². The van der Waals surface area contributed by atoms with Gasteiger partial charge in [0.25, 0.3) is 0 Å². The molecular weight excluding hydrogens is 510 g/mol. The molecule has 5 aromatic carbocycles. The van der Waals surface area contributed by atoms with Crippen molar-refractivity contribution >= 4 is 10.9 Å². The van der Waals surface area contributed by atoms with Gasteiger partial charge in [-0.15, -0.1) is 0 Å². The molecule has 1 aliphatic rings. The van der Waals surface area contributed by atoms with Crippen LogP contribution in [0.25, 0.3) is 61.8 Å². The number of benzene rings is 5. The molecule has 0 aliphatic heterocycles. The van der Waals surface area contributed by atoms with Crippen LogP contribution >= 0.6 is 0 Å². The molecule has 3 nitrogen and oxygen atoms in total. The lowest BCUT2D eigenvalue weighted by atomic mass is 9.81. The van der Waals surface area contributed by atoms with Crippen LogP contribution in [0.2, 0.25) is 0 Å². The van der Waals surface area contributed by atoms with Crippen LogP contribution in [0, 0.1) is 0 Å². The van der Waals surface area contributed by atoms with E-state index >= 15 is 0 Å². The summed E-state index contributed by atoms with van der Waals surface area (Å²) in [6.45, 7) is 4.70. The zero-order valence-electron chi connectivity index (χ0n) is 23.6. The second-order valence-corrected chi connectivity index (χ2v) is 11.5. The first kappa shape index (κ1) is 24.5. The largest absolute Gasteiger partial charge is 0.309 e. The molecule has 0 spiro atoms. The molecule has 0 atom stereocenters. The molecule has 0 bridgehead atoms. The number of para-hydroxylation sites is 1. The first-order valence-corrected chi connectivity index (χ1v) is 14.4. The normalized spacial score (nSPS) is 13.2. The Labute approximate surface area is 245 Å². The minimum absolute atomic E-state index is 0.0701. The smallest absolute Gasteiger partial charge is 0.160 e. The van der Waals surface area contributed by atoms with Gasteiger partial charge in [-0.05, 0) is 35.4 Å². The van der Waals surface area contributed by atoms with Crippen LogP contribution in [0.1, 0.15) is 25.0 Å². The van der Waals surface area contributed by atoms with E-state index in [-0.39, 0.29) is 5.41 Å². The molecule has 42 heavy (non-hydrogen) atoms. The van der Waals surface area contributed by atoms with Gasteiger partial charge in [-0.25, -0.2) is 9.97 Å². The van der Waals surface area contributed by atoms with Gasteiger partial charge in [0.15, 0.2) is 5.82 Å². The lowest BCUT2D eigenvalue weighted by Crippen LogP contribution is -2.14. The molecule has 0 saturated carbocycles. The zero-order valence-corrected chi connectivity index (χ0v) is 23.6. The van der Waals surface area contributed by atoms with Crippen molar-refractivity contribution < 1.29 is 0 Å². The summed E-state index contributed by atoms with van der Waals surface area (Å²) in [6, 6.07) is 49.1. The van der Waals surface area contributed by atoms with Gasteiger partial charge >= 0.3 is 0 Å². The van der Waals surface area contributed by atoms with E-state index in [1.54, 1.807) is 0 Å². The van der Waals surface area contributed by atoms with Crippen molar-refractivity contribution in [1.29, 1.82) is 0 Å². The third-order valence-electron chi connectivity index (χ3n) is 8.60. The van der Waals surface area contributed by atoms with Crippen LogP contribution in [-0.4, -0.2) is 14.5 Å². The zero-order chi connectivity index (χ0) is 28.3. The Balaban J connectivity index is 1.29. The minimum atomic E-state index is -0.0701. The highest BCUT2D eigenvalue weighted by molar-refractivity contribution is 5.99. The molecule has 0 fully saturated rings. The average molecular weight is 540 g/mol. The molecule has 0 radical (unpaired) electrons. The third kappa shape index (κ3) is 3.74. The van der Waals surface area contributed by atoms with E-state index in [1.165, 1.54) is 33.3 Å². The molecule has 1 aliphatic carbocycles. The molecule has 7 aromatic rings. The molecule has 0 saturated heterocycles. The Morgan fingerprint density at radius 1 is 0.548 bits per heavy atom. The average Bonchev–Trinajstić information content (AvgIpc) is 3.52. The summed E-state index contributed by atoms with van der Waals surface area (Å²) in [4.78, 5) is 9.98. The van der Waals surface area contributed by atoms with Crippen molar-refractivity contribution in [1.82, 2.24) is 14.5 Å². The van der Waals surface area contributed by atoms with E-state index in [1.807, 2.05) is 36.4 Å². The molecule has 0 N–H and O–H groups in total. The fourth-order valence-electron chi connectivity index (χ4n) is 6.61. The molecule has 0 amide bonds. The highest BCUT2D eigenvalue weighted by Crippen LogP contribution is 2.53. The summed E-state index contributed by atoms with van der Waals surface area (Å²) < 4.78 is 2.44. The number of hydrogen-bond acceptors (Lipinski definition) is 2. The van der Waals surface area contributed by atoms with Crippen molar-refractivity contribution in [3.63, 3.8) is 0 Å². The van der Waals surface area contributed by atoms with Crippen molar-refractivity contribution in [2.45, 2.75) is 19.3 Å². The lowest BCUT2D eigenvalue weighted by Gasteiger charge is -2.21. The predicted molar refractivity (Wildman–Crippen MR) is 173 cm³/mol. The van der Waals surface area contributed by atoms with Gasteiger partial charge in [-0.1, -0.05) is 129 Å². The number of rotatable bonds is 4. The summed E-state index contributed by atoms with van der Waals surface area (Å²) >= 11 is 0. The topological polar surface area (TPSA) is 30.7 Å². The minimum Gasteiger partial charge on any atom is -0.309 e. The van der Waals surface area contributed by atoms with Gasteiger partial charge < -0.3 is 4.57 Å². The molecule has 3 heteroatoms. The second-order valence-electron chi connectivity index (χ2n) is 11.5. The van der Waals surface area contributed by atoms with Gasteiger partial charge in [-0.2, -0.15) is 0 Å². The monoisotopic (exact) mass is 539 g/mol. The van der Waals surface area contributed by atoms with E-state index in [0.29, 0.717) is 0 Å². The molecule has 2 heterocycles. The summed E-state index contributed by atoms with van der Waals surface area (Å²) in [5.74, 6) is 0.726. The van der Waals surface area contributed by atoms with Crippen LogP contribution in [-0.2, 0) is 5.41 Å². The van der Waals surface area contributed by atoms with E-state index < -0.39 is 0 Å².